The minimum absolute atomic E-state index is 0.286. The van der Waals surface area contributed by atoms with Crippen molar-refractivity contribution in [1.29, 1.82) is 0 Å². The molecule has 1 aromatic heterocycles. The maximum Gasteiger partial charge on any atom is 0.342 e. The third-order valence-corrected chi connectivity index (χ3v) is 3.00. The molecule has 7 heteroatoms. The third-order valence-electron chi connectivity index (χ3n) is 2.56. The highest BCUT2D eigenvalue weighted by atomic mass is 35.5. The number of carbonyl (C=O) groups excluding carboxylic acids is 2. The Labute approximate surface area is 130 Å². The number of carbonyl (C=O) groups is 2. The van der Waals surface area contributed by atoms with E-state index in [1.807, 2.05) is 0 Å². The molecule has 1 aromatic carbocycles. The van der Waals surface area contributed by atoms with Gasteiger partial charge < -0.3 is 14.5 Å². The maximum absolute atomic E-state index is 11.7. The number of hydrogen-bond donors (Lipinski definition) is 1. The summed E-state index contributed by atoms with van der Waals surface area (Å²) in [6.45, 7) is 1.21. The molecule has 1 amide bonds. The Morgan fingerprint density at radius 3 is 2.48 bits per heavy atom. The molecule has 0 saturated carbocycles. The van der Waals surface area contributed by atoms with Crippen LogP contribution in [0.3, 0.4) is 0 Å². The second kappa shape index (κ2) is 6.65. The van der Waals surface area contributed by atoms with Gasteiger partial charge in [-0.05, 0) is 31.2 Å². The number of furan rings is 1. The summed E-state index contributed by atoms with van der Waals surface area (Å²) < 4.78 is 9.87. The lowest BCUT2D eigenvalue weighted by molar-refractivity contribution is -0.119. The van der Waals surface area contributed by atoms with Gasteiger partial charge in [0.15, 0.2) is 6.61 Å². The molecule has 0 fully saturated rings. The number of esters is 1. The van der Waals surface area contributed by atoms with Crippen LogP contribution in [0, 0.1) is 6.92 Å². The van der Waals surface area contributed by atoms with E-state index < -0.39 is 18.5 Å². The topological polar surface area (TPSA) is 68.5 Å². The third kappa shape index (κ3) is 4.24. The first kappa shape index (κ1) is 15.4. The molecule has 110 valence electrons. The van der Waals surface area contributed by atoms with Crippen LogP contribution in [0.5, 0.6) is 0 Å². The molecule has 0 saturated heterocycles. The second-order valence-corrected chi connectivity index (χ2v) is 5.05. The number of anilines is 1. The number of amides is 1. The SMILES string of the molecule is Cc1occc1C(=O)OCC(=O)Nc1cc(Cl)cc(Cl)c1. The van der Waals surface area contributed by atoms with E-state index in [1.165, 1.54) is 24.5 Å². The summed E-state index contributed by atoms with van der Waals surface area (Å²) in [6, 6.07) is 6.09. The van der Waals surface area contributed by atoms with E-state index in [-0.39, 0.29) is 5.56 Å². The fraction of sp³-hybridized carbons (Fsp3) is 0.143. The zero-order valence-electron chi connectivity index (χ0n) is 11.0. The number of ether oxygens (including phenoxy) is 1. The van der Waals surface area contributed by atoms with Crippen molar-refractivity contribution in [2.45, 2.75) is 6.92 Å². The van der Waals surface area contributed by atoms with Gasteiger partial charge in [-0.1, -0.05) is 23.2 Å². The lowest BCUT2D eigenvalue weighted by atomic mass is 10.3. The van der Waals surface area contributed by atoms with Gasteiger partial charge in [0.25, 0.3) is 5.91 Å². The fourth-order valence-electron chi connectivity index (χ4n) is 1.63. The number of aryl methyl sites for hydroxylation is 1. The lowest BCUT2D eigenvalue weighted by Gasteiger charge is -2.07. The van der Waals surface area contributed by atoms with E-state index in [4.69, 9.17) is 32.4 Å². The zero-order chi connectivity index (χ0) is 15.4. The van der Waals surface area contributed by atoms with Crippen LogP contribution in [0.1, 0.15) is 16.1 Å². The smallest absolute Gasteiger partial charge is 0.342 e. The van der Waals surface area contributed by atoms with Crippen molar-refractivity contribution < 1.29 is 18.7 Å². The maximum atomic E-state index is 11.7. The molecule has 2 aromatic rings. The van der Waals surface area contributed by atoms with Gasteiger partial charge in [0.05, 0.1) is 6.26 Å². The number of rotatable bonds is 4. The molecule has 1 heterocycles. The van der Waals surface area contributed by atoms with Crippen LogP contribution in [0.25, 0.3) is 0 Å². The van der Waals surface area contributed by atoms with Gasteiger partial charge in [-0.25, -0.2) is 4.79 Å². The number of hydrogen-bond acceptors (Lipinski definition) is 4. The summed E-state index contributed by atoms with van der Waals surface area (Å²) in [5.74, 6) is -0.689. The predicted molar refractivity (Wildman–Crippen MR) is 78.8 cm³/mol. The van der Waals surface area contributed by atoms with E-state index in [0.29, 0.717) is 21.5 Å². The van der Waals surface area contributed by atoms with Gasteiger partial charge in [-0.3, -0.25) is 4.79 Å². The average molecular weight is 328 g/mol. The normalized spacial score (nSPS) is 10.2. The Hall–Kier alpha value is -1.98. The summed E-state index contributed by atoms with van der Waals surface area (Å²) in [4.78, 5) is 23.4. The Morgan fingerprint density at radius 2 is 1.90 bits per heavy atom. The predicted octanol–water partition coefficient (Wildman–Crippen LogP) is 3.69. The van der Waals surface area contributed by atoms with Crippen molar-refractivity contribution in [3.63, 3.8) is 0 Å². The number of nitrogens with one attached hydrogen (secondary N) is 1. The van der Waals surface area contributed by atoms with E-state index in [2.05, 4.69) is 5.32 Å². The standard InChI is InChI=1S/C14H11Cl2NO4/c1-8-12(2-3-20-8)14(19)21-7-13(18)17-11-5-9(15)4-10(16)6-11/h2-6H,7H2,1H3,(H,17,18). The molecule has 0 aliphatic heterocycles. The molecule has 0 radical (unpaired) electrons. The molecule has 1 N–H and O–H groups in total. The minimum Gasteiger partial charge on any atom is -0.469 e. The molecule has 21 heavy (non-hydrogen) atoms. The Balaban J connectivity index is 1.90. The van der Waals surface area contributed by atoms with E-state index in [0.717, 1.165) is 0 Å². The fourth-order valence-corrected chi connectivity index (χ4v) is 2.15. The molecular weight excluding hydrogens is 317 g/mol. The quantitative estimate of drug-likeness (QED) is 0.869. The van der Waals surface area contributed by atoms with Gasteiger partial charge in [-0.2, -0.15) is 0 Å². The van der Waals surface area contributed by atoms with Gasteiger partial charge in [0, 0.05) is 15.7 Å². The molecule has 0 aliphatic rings. The van der Waals surface area contributed by atoms with Crippen LogP contribution >= 0.6 is 23.2 Å². The van der Waals surface area contributed by atoms with Crippen LogP contribution in [0.15, 0.2) is 34.9 Å². The van der Waals surface area contributed by atoms with Crippen molar-refractivity contribution in [1.82, 2.24) is 0 Å². The van der Waals surface area contributed by atoms with E-state index >= 15 is 0 Å². The molecule has 0 atom stereocenters. The molecule has 5 nitrogen and oxygen atoms in total. The highest BCUT2D eigenvalue weighted by Crippen LogP contribution is 2.22. The Bertz CT molecular complexity index is 661. The summed E-state index contributed by atoms with van der Waals surface area (Å²) in [7, 11) is 0. The lowest BCUT2D eigenvalue weighted by Crippen LogP contribution is -2.21. The second-order valence-electron chi connectivity index (χ2n) is 4.17. The van der Waals surface area contributed by atoms with Gasteiger partial charge >= 0.3 is 5.97 Å². The highest BCUT2D eigenvalue weighted by Gasteiger charge is 2.14. The van der Waals surface area contributed by atoms with Gasteiger partial charge in [-0.15, -0.1) is 0 Å². The first-order chi connectivity index (χ1) is 9.95. The van der Waals surface area contributed by atoms with Gasteiger partial charge in [0.1, 0.15) is 11.3 Å². The van der Waals surface area contributed by atoms with Crippen molar-refractivity contribution in [2.75, 3.05) is 11.9 Å². The summed E-state index contributed by atoms with van der Waals surface area (Å²) in [5, 5.41) is 3.32. The number of benzene rings is 1. The number of halogens is 2. The molecular formula is C14H11Cl2NO4. The van der Waals surface area contributed by atoms with Crippen LogP contribution in [0.2, 0.25) is 10.0 Å². The molecule has 2 rings (SSSR count). The summed E-state index contributed by atoms with van der Waals surface area (Å²) >= 11 is 11.6. The molecule has 0 bridgehead atoms. The van der Waals surface area contributed by atoms with Gasteiger partial charge in [0.2, 0.25) is 0 Å². The first-order valence-electron chi connectivity index (χ1n) is 5.93. The van der Waals surface area contributed by atoms with Crippen molar-refractivity contribution in [2.24, 2.45) is 0 Å². The monoisotopic (exact) mass is 327 g/mol. The first-order valence-corrected chi connectivity index (χ1v) is 6.68. The zero-order valence-corrected chi connectivity index (χ0v) is 12.5. The largest absolute Gasteiger partial charge is 0.469 e. The Morgan fingerprint density at radius 1 is 1.24 bits per heavy atom. The van der Waals surface area contributed by atoms with E-state index in [1.54, 1.807) is 13.0 Å². The van der Waals surface area contributed by atoms with Crippen LogP contribution in [-0.4, -0.2) is 18.5 Å². The van der Waals surface area contributed by atoms with E-state index in [9.17, 15) is 9.59 Å². The summed E-state index contributed by atoms with van der Waals surface area (Å²) in [6.07, 6.45) is 1.37. The summed E-state index contributed by atoms with van der Waals surface area (Å²) in [5.41, 5.74) is 0.710. The van der Waals surface area contributed by atoms with Crippen LogP contribution in [0.4, 0.5) is 5.69 Å². The van der Waals surface area contributed by atoms with Crippen molar-refractivity contribution in [3.8, 4) is 0 Å². The van der Waals surface area contributed by atoms with Crippen LogP contribution < -0.4 is 5.32 Å². The van der Waals surface area contributed by atoms with Crippen molar-refractivity contribution in [3.05, 3.63) is 51.9 Å². The molecule has 0 aliphatic carbocycles. The molecule has 0 spiro atoms. The Kier molecular flexibility index (Phi) is 4.88. The minimum atomic E-state index is -0.625. The average Bonchev–Trinajstić information content (AvgIpc) is 2.81. The highest BCUT2D eigenvalue weighted by molar-refractivity contribution is 6.35. The van der Waals surface area contributed by atoms with Crippen LogP contribution in [-0.2, 0) is 9.53 Å². The molecule has 0 unspecified atom stereocenters. The van der Waals surface area contributed by atoms with Crippen molar-refractivity contribution >= 4 is 40.8 Å².